The van der Waals surface area contributed by atoms with E-state index in [1.165, 1.54) is 0 Å². The highest BCUT2D eigenvalue weighted by molar-refractivity contribution is 5.99. The fourth-order valence-corrected chi connectivity index (χ4v) is 3.20. The van der Waals surface area contributed by atoms with Gasteiger partial charge in [0, 0.05) is 32.7 Å². The third-order valence-electron chi connectivity index (χ3n) is 4.45. The van der Waals surface area contributed by atoms with Gasteiger partial charge in [0.15, 0.2) is 0 Å². The Morgan fingerprint density at radius 2 is 2.14 bits per heavy atom. The lowest BCUT2D eigenvalue weighted by molar-refractivity contribution is -0.131. The Labute approximate surface area is 130 Å². The SMILES string of the molecule is COc1cccc(C)c1C(=O)N1CCN2CCNC(=O)[C@@H]2C1. The maximum absolute atomic E-state index is 12.9. The second-order valence-corrected chi connectivity index (χ2v) is 5.75. The van der Waals surface area contributed by atoms with Crippen molar-refractivity contribution in [1.82, 2.24) is 15.1 Å². The second kappa shape index (κ2) is 5.96. The third-order valence-corrected chi connectivity index (χ3v) is 4.45. The molecule has 3 rings (SSSR count). The van der Waals surface area contributed by atoms with Gasteiger partial charge in [-0.15, -0.1) is 0 Å². The van der Waals surface area contributed by atoms with Gasteiger partial charge in [0.25, 0.3) is 5.91 Å². The number of methoxy groups -OCH3 is 1. The molecule has 0 spiro atoms. The minimum absolute atomic E-state index is 0.0144. The molecule has 1 atom stereocenters. The van der Waals surface area contributed by atoms with Crippen LogP contribution < -0.4 is 10.1 Å². The Morgan fingerprint density at radius 3 is 2.91 bits per heavy atom. The normalized spacial score (nSPS) is 22.0. The van der Waals surface area contributed by atoms with E-state index in [2.05, 4.69) is 10.2 Å². The van der Waals surface area contributed by atoms with Crippen LogP contribution in [-0.2, 0) is 4.79 Å². The van der Waals surface area contributed by atoms with Crippen LogP contribution in [0.15, 0.2) is 18.2 Å². The van der Waals surface area contributed by atoms with Crippen LogP contribution in [0.3, 0.4) is 0 Å². The summed E-state index contributed by atoms with van der Waals surface area (Å²) in [6.45, 7) is 5.25. The Morgan fingerprint density at radius 1 is 1.32 bits per heavy atom. The van der Waals surface area contributed by atoms with Gasteiger partial charge in [-0.25, -0.2) is 0 Å². The van der Waals surface area contributed by atoms with Crippen molar-refractivity contribution in [2.75, 3.05) is 39.8 Å². The molecule has 2 amide bonds. The molecule has 0 unspecified atom stereocenters. The number of nitrogens with zero attached hydrogens (tertiary/aromatic N) is 2. The van der Waals surface area contributed by atoms with Gasteiger partial charge in [0.1, 0.15) is 11.8 Å². The molecule has 0 aromatic heterocycles. The summed E-state index contributed by atoms with van der Waals surface area (Å²) in [5.74, 6) is 0.536. The molecule has 0 aliphatic carbocycles. The van der Waals surface area contributed by atoms with Crippen molar-refractivity contribution in [3.63, 3.8) is 0 Å². The van der Waals surface area contributed by atoms with Gasteiger partial charge in [-0.3, -0.25) is 14.5 Å². The molecule has 2 saturated heterocycles. The van der Waals surface area contributed by atoms with Crippen LogP contribution in [0.2, 0.25) is 0 Å². The van der Waals surface area contributed by atoms with Crippen molar-refractivity contribution in [2.45, 2.75) is 13.0 Å². The first-order valence-corrected chi connectivity index (χ1v) is 7.56. The molecule has 0 bridgehead atoms. The minimum Gasteiger partial charge on any atom is -0.496 e. The molecular weight excluding hydrogens is 282 g/mol. The number of rotatable bonds is 2. The lowest BCUT2D eigenvalue weighted by atomic mass is 10.0. The summed E-state index contributed by atoms with van der Waals surface area (Å²) in [6, 6.07) is 5.34. The number of ether oxygens (including phenoxy) is 1. The second-order valence-electron chi connectivity index (χ2n) is 5.75. The molecule has 2 aliphatic rings. The number of aryl methyl sites for hydroxylation is 1. The first-order valence-electron chi connectivity index (χ1n) is 7.56. The number of fused-ring (bicyclic) bond motifs is 1. The van der Waals surface area contributed by atoms with E-state index in [9.17, 15) is 9.59 Å². The van der Waals surface area contributed by atoms with Crippen molar-refractivity contribution in [3.05, 3.63) is 29.3 Å². The highest BCUT2D eigenvalue weighted by atomic mass is 16.5. The van der Waals surface area contributed by atoms with E-state index in [0.717, 1.165) is 18.7 Å². The van der Waals surface area contributed by atoms with Gasteiger partial charge in [-0.2, -0.15) is 0 Å². The molecule has 1 aromatic rings. The summed E-state index contributed by atoms with van der Waals surface area (Å²) in [5.41, 5.74) is 1.48. The van der Waals surface area contributed by atoms with Gasteiger partial charge >= 0.3 is 0 Å². The molecule has 1 N–H and O–H groups in total. The number of carbonyl (C=O) groups excluding carboxylic acids is 2. The van der Waals surface area contributed by atoms with Gasteiger partial charge in [-0.05, 0) is 18.6 Å². The third kappa shape index (κ3) is 2.54. The lowest BCUT2D eigenvalue weighted by Gasteiger charge is -2.43. The van der Waals surface area contributed by atoms with Gasteiger partial charge in [0.05, 0.1) is 12.7 Å². The van der Waals surface area contributed by atoms with E-state index in [-0.39, 0.29) is 17.9 Å². The van der Waals surface area contributed by atoms with Gasteiger partial charge in [-0.1, -0.05) is 12.1 Å². The number of amides is 2. The predicted molar refractivity (Wildman–Crippen MR) is 82.0 cm³/mol. The molecule has 6 heteroatoms. The molecule has 0 saturated carbocycles. The summed E-state index contributed by atoms with van der Waals surface area (Å²) in [6.07, 6.45) is 0. The Balaban J connectivity index is 1.83. The fourth-order valence-electron chi connectivity index (χ4n) is 3.20. The molecule has 2 aliphatic heterocycles. The van der Waals surface area contributed by atoms with E-state index in [1.54, 1.807) is 18.1 Å². The van der Waals surface area contributed by atoms with Crippen LogP contribution in [-0.4, -0.2) is 67.5 Å². The molecule has 118 valence electrons. The van der Waals surface area contributed by atoms with E-state index in [1.807, 2.05) is 19.1 Å². The maximum atomic E-state index is 12.9. The van der Waals surface area contributed by atoms with E-state index < -0.39 is 0 Å². The number of nitrogens with one attached hydrogen (secondary N) is 1. The van der Waals surface area contributed by atoms with Crippen LogP contribution in [0.25, 0.3) is 0 Å². The zero-order valence-electron chi connectivity index (χ0n) is 13.0. The van der Waals surface area contributed by atoms with Crippen molar-refractivity contribution < 1.29 is 14.3 Å². The molecular formula is C16H21N3O3. The molecule has 0 radical (unpaired) electrons. The van der Waals surface area contributed by atoms with Crippen molar-refractivity contribution in [3.8, 4) is 5.75 Å². The van der Waals surface area contributed by atoms with Crippen LogP contribution in [0, 0.1) is 6.92 Å². The first-order chi connectivity index (χ1) is 10.6. The molecule has 1 aromatic carbocycles. The number of benzene rings is 1. The largest absolute Gasteiger partial charge is 0.496 e. The summed E-state index contributed by atoms with van der Waals surface area (Å²) < 4.78 is 5.33. The minimum atomic E-state index is -0.235. The van der Waals surface area contributed by atoms with Crippen molar-refractivity contribution >= 4 is 11.8 Å². The van der Waals surface area contributed by atoms with Crippen LogP contribution >= 0.6 is 0 Å². The highest BCUT2D eigenvalue weighted by Crippen LogP contribution is 2.25. The maximum Gasteiger partial charge on any atom is 0.258 e. The van der Waals surface area contributed by atoms with Crippen LogP contribution in [0.4, 0.5) is 0 Å². The zero-order valence-corrected chi connectivity index (χ0v) is 13.0. The Bertz CT molecular complexity index is 602. The lowest BCUT2D eigenvalue weighted by Crippen LogP contribution is -2.64. The summed E-state index contributed by atoms with van der Waals surface area (Å²) in [4.78, 5) is 28.8. The summed E-state index contributed by atoms with van der Waals surface area (Å²) in [5, 5.41) is 2.87. The summed E-state index contributed by atoms with van der Waals surface area (Å²) in [7, 11) is 1.57. The molecule has 2 heterocycles. The molecule has 6 nitrogen and oxygen atoms in total. The monoisotopic (exact) mass is 303 g/mol. The number of carbonyl (C=O) groups is 2. The fraction of sp³-hybridized carbons (Fsp3) is 0.500. The van der Waals surface area contributed by atoms with Crippen LogP contribution in [0.5, 0.6) is 5.75 Å². The first kappa shape index (κ1) is 14.8. The van der Waals surface area contributed by atoms with Gasteiger partial charge < -0.3 is 15.0 Å². The van der Waals surface area contributed by atoms with E-state index in [0.29, 0.717) is 30.9 Å². The van der Waals surface area contributed by atoms with Crippen molar-refractivity contribution in [1.29, 1.82) is 0 Å². The quantitative estimate of drug-likeness (QED) is 0.851. The van der Waals surface area contributed by atoms with Crippen LogP contribution in [0.1, 0.15) is 15.9 Å². The Hall–Kier alpha value is -2.08. The predicted octanol–water partition coefficient (Wildman–Crippen LogP) is 0.260. The van der Waals surface area contributed by atoms with Gasteiger partial charge in [0.2, 0.25) is 5.91 Å². The average molecular weight is 303 g/mol. The van der Waals surface area contributed by atoms with E-state index >= 15 is 0 Å². The number of hydrogen-bond acceptors (Lipinski definition) is 4. The Kier molecular flexibility index (Phi) is 4.02. The highest BCUT2D eigenvalue weighted by Gasteiger charge is 2.37. The van der Waals surface area contributed by atoms with E-state index in [4.69, 9.17) is 4.74 Å². The zero-order chi connectivity index (χ0) is 15.7. The molecule has 2 fully saturated rings. The van der Waals surface area contributed by atoms with Crippen molar-refractivity contribution in [2.24, 2.45) is 0 Å². The number of hydrogen-bond donors (Lipinski definition) is 1. The standard InChI is InChI=1S/C16H21N3O3/c1-11-4-3-5-13(22-2)14(11)16(21)19-9-8-18-7-6-17-15(20)12(18)10-19/h3-5,12H,6-10H2,1-2H3,(H,17,20)/t12-/m0/s1. The topological polar surface area (TPSA) is 61.9 Å². The number of piperazine rings is 2. The summed E-state index contributed by atoms with van der Waals surface area (Å²) >= 11 is 0. The molecule has 22 heavy (non-hydrogen) atoms. The average Bonchev–Trinajstić information content (AvgIpc) is 2.54. The smallest absolute Gasteiger partial charge is 0.258 e.